The van der Waals surface area contributed by atoms with Crippen LogP contribution < -0.4 is 5.32 Å². The van der Waals surface area contributed by atoms with E-state index in [0.717, 1.165) is 19.6 Å². The number of sulfonamides is 1. The van der Waals surface area contributed by atoms with Crippen LogP contribution in [0.1, 0.15) is 11.1 Å². The van der Waals surface area contributed by atoms with E-state index < -0.39 is 10.0 Å². The van der Waals surface area contributed by atoms with Crippen molar-refractivity contribution in [1.82, 2.24) is 15.1 Å². The van der Waals surface area contributed by atoms with Gasteiger partial charge in [0.15, 0.2) is 5.84 Å². The smallest absolute Gasteiger partial charge is 0.285 e. The highest BCUT2D eigenvalue weighted by molar-refractivity contribution is 7.90. The summed E-state index contributed by atoms with van der Waals surface area (Å²) in [6, 6.07) is 16.9. The summed E-state index contributed by atoms with van der Waals surface area (Å²) >= 11 is 0. The van der Waals surface area contributed by atoms with Crippen molar-refractivity contribution in [2.75, 3.05) is 39.8 Å². The first-order chi connectivity index (χ1) is 14.9. The van der Waals surface area contributed by atoms with Gasteiger partial charge < -0.3 is 15.0 Å². The standard InChI is InChI=1S/C22H26N4O4S/c1-25(22-19-9-5-6-10-20(19)31(28,29)24-22)16-21(27)23-13-18-15-26(11-12-30-18)14-17-7-3-2-4-8-17/h2-10,18H,11-16H2,1H3,(H,23,27). The van der Waals surface area contributed by atoms with Crippen LogP contribution >= 0.6 is 0 Å². The molecule has 1 amide bonds. The average molecular weight is 443 g/mol. The quantitative estimate of drug-likeness (QED) is 0.720. The number of nitrogens with zero attached hydrogens (tertiary/aromatic N) is 3. The maximum absolute atomic E-state index is 12.5. The zero-order valence-corrected chi connectivity index (χ0v) is 18.2. The molecule has 1 atom stereocenters. The number of likely N-dealkylation sites (N-methyl/N-ethyl adjacent to an activating group) is 1. The molecular formula is C22H26N4O4S. The minimum atomic E-state index is -3.71. The Labute approximate surface area is 182 Å². The second kappa shape index (κ2) is 9.17. The molecule has 2 aromatic carbocycles. The fourth-order valence-corrected chi connectivity index (χ4v) is 5.08. The lowest BCUT2D eigenvalue weighted by Crippen LogP contribution is -2.48. The van der Waals surface area contributed by atoms with Crippen LogP contribution in [-0.2, 0) is 26.1 Å². The molecule has 2 aromatic rings. The molecule has 8 nitrogen and oxygen atoms in total. The van der Waals surface area contributed by atoms with Gasteiger partial charge in [-0.25, -0.2) is 0 Å². The molecule has 1 unspecified atom stereocenters. The Balaban J connectivity index is 1.28. The highest BCUT2D eigenvalue weighted by Crippen LogP contribution is 2.26. The van der Waals surface area contributed by atoms with Crippen molar-refractivity contribution in [3.8, 4) is 0 Å². The van der Waals surface area contributed by atoms with Gasteiger partial charge in [-0.05, 0) is 17.7 Å². The fraction of sp³-hybridized carbons (Fsp3) is 0.364. The molecule has 2 aliphatic rings. The average Bonchev–Trinajstić information content (AvgIpc) is 3.05. The van der Waals surface area contributed by atoms with Crippen molar-refractivity contribution in [2.24, 2.45) is 4.40 Å². The molecule has 1 saturated heterocycles. The number of nitrogens with one attached hydrogen (secondary N) is 1. The van der Waals surface area contributed by atoms with Gasteiger partial charge in [0.1, 0.15) is 4.90 Å². The van der Waals surface area contributed by atoms with Crippen LogP contribution in [0.25, 0.3) is 0 Å². The summed E-state index contributed by atoms with van der Waals surface area (Å²) < 4.78 is 34.1. The number of carbonyl (C=O) groups is 1. The number of fused-ring (bicyclic) bond motifs is 1. The lowest BCUT2D eigenvalue weighted by Gasteiger charge is -2.33. The summed E-state index contributed by atoms with van der Waals surface area (Å²) in [7, 11) is -2.05. The maximum atomic E-state index is 12.5. The lowest BCUT2D eigenvalue weighted by molar-refractivity contribution is -0.122. The zero-order valence-electron chi connectivity index (χ0n) is 17.4. The van der Waals surface area contributed by atoms with Gasteiger partial charge in [-0.3, -0.25) is 9.69 Å². The molecule has 31 heavy (non-hydrogen) atoms. The summed E-state index contributed by atoms with van der Waals surface area (Å²) in [5.74, 6) is 0.0736. The molecule has 0 saturated carbocycles. The number of hydrogen-bond donors (Lipinski definition) is 1. The normalized spacial score (nSPS) is 20.0. The van der Waals surface area contributed by atoms with Crippen molar-refractivity contribution in [3.05, 3.63) is 65.7 Å². The van der Waals surface area contributed by atoms with E-state index in [-0.39, 0.29) is 29.3 Å². The van der Waals surface area contributed by atoms with Crippen LogP contribution in [0.4, 0.5) is 0 Å². The number of amidine groups is 1. The Bertz CT molecular complexity index is 1070. The highest BCUT2D eigenvalue weighted by atomic mass is 32.2. The van der Waals surface area contributed by atoms with Crippen molar-refractivity contribution in [3.63, 3.8) is 0 Å². The summed E-state index contributed by atoms with van der Waals surface area (Å²) in [5.41, 5.74) is 1.77. The molecule has 0 aromatic heterocycles. The molecule has 164 valence electrons. The molecule has 1 N–H and O–H groups in total. The number of morpholine rings is 1. The summed E-state index contributed by atoms with van der Waals surface area (Å²) in [5, 5.41) is 2.90. The van der Waals surface area contributed by atoms with E-state index in [1.54, 1.807) is 30.1 Å². The highest BCUT2D eigenvalue weighted by Gasteiger charge is 2.31. The number of ether oxygens (including phenoxy) is 1. The minimum Gasteiger partial charge on any atom is -0.374 e. The van der Waals surface area contributed by atoms with Crippen LogP contribution in [0.5, 0.6) is 0 Å². The number of rotatable bonds is 6. The van der Waals surface area contributed by atoms with Crippen molar-refractivity contribution < 1.29 is 17.9 Å². The van der Waals surface area contributed by atoms with E-state index in [4.69, 9.17) is 4.74 Å². The Morgan fingerprint density at radius 2 is 1.94 bits per heavy atom. The predicted octanol–water partition coefficient (Wildman–Crippen LogP) is 1.08. The minimum absolute atomic E-state index is 0.00311. The number of benzene rings is 2. The molecule has 0 bridgehead atoms. The molecule has 0 aliphatic carbocycles. The third kappa shape index (κ3) is 5.12. The number of carbonyl (C=O) groups excluding carboxylic acids is 1. The molecule has 0 radical (unpaired) electrons. The van der Waals surface area contributed by atoms with Crippen LogP contribution in [0, 0.1) is 0 Å². The third-order valence-electron chi connectivity index (χ3n) is 5.35. The third-order valence-corrected chi connectivity index (χ3v) is 6.68. The molecular weight excluding hydrogens is 416 g/mol. The van der Waals surface area contributed by atoms with Gasteiger partial charge in [-0.1, -0.05) is 42.5 Å². The Morgan fingerprint density at radius 1 is 1.19 bits per heavy atom. The molecule has 0 spiro atoms. The maximum Gasteiger partial charge on any atom is 0.285 e. The molecule has 2 aliphatic heterocycles. The second-order valence-corrected chi connectivity index (χ2v) is 9.33. The number of amides is 1. The van der Waals surface area contributed by atoms with Gasteiger partial charge >= 0.3 is 0 Å². The molecule has 4 rings (SSSR count). The van der Waals surface area contributed by atoms with Crippen molar-refractivity contribution in [1.29, 1.82) is 0 Å². The van der Waals surface area contributed by atoms with Crippen molar-refractivity contribution in [2.45, 2.75) is 17.5 Å². The van der Waals surface area contributed by atoms with Gasteiger partial charge in [0, 0.05) is 38.8 Å². The fourth-order valence-electron chi connectivity index (χ4n) is 3.83. The van der Waals surface area contributed by atoms with Crippen LogP contribution in [0.3, 0.4) is 0 Å². The lowest BCUT2D eigenvalue weighted by atomic mass is 10.2. The van der Waals surface area contributed by atoms with E-state index in [9.17, 15) is 13.2 Å². The van der Waals surface area contributed by atoms with Crippen LogP contribution in [0.2, 0.25) is 0 Å². The first kappa shape index (κ1) is 21.5. The Hall–Kier alpha value is -2.75. The predicted molar refractivity (Wildman–Crippen MR) is 117 cm³/mol. The van der Waals surface area contributed by atoms with Crippen LogP contribution in [-0.4, -0.2) is 75.9 Å². The van der Waals surface area contributed by atoms with E-state index >= 15 is 0 Å². The topological polar surface area (TPSA) is 91.3 Å². The molecule has 9 heteroatoms. The van der Waals surface area contributed by atoms with Gasteiger partial charge in [-0.15, -0.1) is 4.40 Å². The Kier molecular flexibility index (Phi) is 6.35. The largest absolute Gasteiger partial charge is 0.374 e. The SMILES string of the molecule is CN(CC(=O)NCC1CN(Cc2ccccc2)CCO1)C1=NS(=O)(=O)c2ccccc21. The first-order valence-electron chi connectivity index (χ1n) is 10.2. The summed E-state index contributed by atoms with van der Waals surface area (Å²) in [4.78, 5) is 16.5. The Morgan fingerprint density at radius 3 is 2.74 bits per heavy atom. The summed E-state index contributed by atoms with van der Waals surface area (Å²) in [6.45, 7) is 3.48. The number of hydrogen-bond acceptors (Lipinski definition) is 6. The second-order valence-electron chi connectivity index (χ2n) is 7.76. The summed E-state index contributed by atoms with van der Waals surface area (Å²) in [6.07, 6.45) is -0.0864. The van der Waals surface area contributed by atoms with E-state index in [0.29, 0.717) is 18.7 Å². The van der Waals surface area contributed by atoms with Crippen LogP contribution in [0.15, 0.2) is 63.9 Å². The van der Waals surface area contributed by atoms with Gasteiger partial charge in [0.25, 0.3) is 10.0 Å². The van der Waals surface area contributed by atoms with Crippen molar-refractivity contribution >= 4 is 21.8 Å². The van der Waals surface area contributed by atoms with E-state index in [2.05, 4.69) is 26.7 Å². The first-order valence-corrected chi connectivity index (χ1v) is 11.7. The van der Waals surface area contributed by atoms with Gasteiger partial charge in [0.05, 0.1) is 19.3 Å². The van der Waals surface area contributed by atoms with E-state index in [1.807, 2.05) is 18.2 Å². The van der Waals surface area contributed by atoms with Gasteiger partial charge in [0.2, 0.25) is 5.91 Å². The zero-order chi connectivity index (χ0) is 21.8. The molecule has 1 fully saturated rings. The molecule has 2 heterocycles. The monoisotopic (exact) mass is 442 g/mol. The van der Waals surface area contributed by atoms with Gasteiger partial charge in [-0.2, -0.15) is 8.42 Å². The van der Waals surface area contributed by atoms with E-state index in [1.165, 1.54) is 11.6 Å².